The van der Waals surface area contributed by atoms with Crippen LogP contribution in [0, 0.1) is 0 Å². The molecule has 0 unspecified atom stereocenters. The van der Waals surface area contributed by atoms with Crippen molar-refractivity contribution >= 4 is 33.5 Å². The molecular formula is C30H30O6. The SMILES string of the molecule is CCCOC(=O)c1ccc2cc(OC(C)Oc3ccc4cc(C(=O)OCCC)ccc4c3)ccc2c1. The Balaban J connectivity index is 1.41. The molecule has 0 saturated carbocycles. The molecule has 0 spiro atoms. The minimum absolute atomic E-state index is 0.316. The Morgan fingerprint density at radius 1 is 0.611 bits per heavy atom. The molecule has 0 aromatic heterocycles. The summed E-state index contributed by atoms with van der Waals surface area (Å²) in [5.74, 6) is 0.688. The zero-order valence-electron chi connectivity index (χ0n) is 20.8. The van der Waals surface area contributed by atoms with Crippen LogP contribution in [0.15, 0.2) is 72.8 Å². The largest absolute Gasteiger partial charge is 0.462 e. The summed E-state index contributed by atoms with van der Waals surface area (Å²) in [7, 11) is 0. The van der Waals surface area contributed by atoms with Crippen molar-refractivity contribution in [3.63, 3.8) is 0 Å². The molecule has 4 rings (SSSR count). The first-order valence-electron chi connectivity index (χ1n) is 12.2. The second kappa shape index (κ2) is 11.6. The van der Waals surface area contributed by atoms with Crippen molar-refractivity contribution in [2.45, 2.75) is 39.9 Å². The summed E-state index contributed by atoms with van der Waals surface area (Å²) >= 11 is 0. The molecule has 0 fully saturated rings. The average molecular weight is 487 g/mol. The maximum absolute atomic E-state index is 12.1. The van der Waals surface area contributed by atoms with E-state index in [2.05, 4.69) is 0 Å². The normalized spacial score (nSPS) is 11.0. The van der Waals surface area contributed by atoms with Crippen LogP contribution in [0.25, 0.3) is 21.5 Å². The van der Waals surface area contributed by atoms with Crippen LogP contribution in [0.5, 0.6) is 11.5 Å². The van der Waals surface area contributed by atoms with E-state index >= 15 is 0 Å². The zero-order valence-corrected chi connectivity index (χ0v) is 20.8. The van der Waals surface area contributed by atoms with Crippen molar-refractivity contribution in [2.24, 2.45) is 0 Å². The molecule has 0 atom stereocenters. The summed E-state index contributed by atoms with van der Waals surface area (Å²) in [6.45, 7) is 6.57. The lowest BCUT2D eigenvalue weighted by Crippen LogP contribution is -2.19. The Hall–Kier alpha value is -4.06. The molecule has 0 bridgehead atoms. The topological polar surface area (TPSA) is 71.1 Å². The van der Waals surface area contributed by atoms with E-state index in [1.54, 1.807) is 12.1 Å². The molecule has 186 valence electrons. The lowest BCUT2D eigenvalue weighted by molar-refractivity contribution is 0.0225. The van der Waals surface area contributed by atoms with Gasteiger partial charge in [-0.3, -0.25) is 0 Å². The van der Waals surface area contributed by atoms with E-state index in [1.807, 2.05) is 81.4 Å². The van der Waals surface area contributed by atoms with Gasteiger partial charge in [-0.05, 0) is 82.9 Å². The van der Waals surface area contributed by atoms with Crippen molar-refractivity contribution in [3.8, 4) is 11.5 Å². The van der Waals surface area contributed by atoms with Gasteiger partial charge in [-0.2, -0.15) is 0 Å². The minimum Gasteiger partial charge on any atom is -0.462 e. The number of carbonyl (C=O) groups is 2. The third-order valence-corrected chi connectivity index (χ3v) is 5.57. The summed E-state index contributed by atoms with van der Waals surface area (Å²) in [5, 5.41) is 3.75. The third kappa shape index (κ3) is 6.13. The van der Waals surface area contributed by atoms with Crippen LogP contribution in [-0.4, -0.2) is 31.4 Å². The van der Waals surface area contributed by atoms with Crippen molar-refractivity contribution < 1.29 is 28.5 Å². The standard InChI is InChI=1S/C30H30O6/c1-4-14-33-29(31)25-8-6-23-18-27(12-10-21(23)16-25)35-20(3)36-28-13-11-22-17-26(9-7-24(22)19-28)30(32)34-15-5-2/h6-13,16-20H,4-5,14-15H2,1-3H3. The Morgan fingerprint density at radius 2 is 1.00 bits per heavy atom. The van der Waals surface area contributed by atoms with Crippen LogP contribution in [0.1, 0.15) is 54.3 Å². The maximum atomic E-state index is 12.1. The predicted molar refractivity (Wildman–Crippen MR) is 140 cm³/mol. The van der Waals surface area contributed by atoms with Gasteiger partial charge < -0.3 is 18.9 Å². The maximum Gasteiger partial charge on any atom is 0.338 e. The first-order chi connectivity index (χ1) is 17.5. The smallest absolute Gasteiger partial charge is 0.338 e. The number of hydrogen-bond acceptors (Lipinski definition) is 6. The highest BCUT2D eigenvalue weighted by Gasteiger charge is 2.11. The molecule has 0 saturated heterocycles. The Morgan fingerprint density at radius 3 is 1.42 bits per heavy atom. The number of ether oxygens (including phenoxy) is 4. The second-order valence-corrected chi connectivity index (χ2v) is 8.52. The highest BCUT2D eigenvalue weighted by atomic mass is 16.7. The third-order valence-electron chi connectivity index (χ3n) is 5.57. The van der Waals surface area contributed by atoms with Crippen LogP contribution in [0.4, 0.5) is 0 Å². The molecule has 0 radical (unpaired) electrons. The first-order valence-corrected chi connectivity index (χ1v) is 12.2. The molecule has 6 nitrogen and oxygen atoms in total. The number of rotatable bonds is 10. The van der Waals surface area contributed by atoms with E-state index in [4.69, 9.17) is 18.9 Å². The Kier molecular flexibility index (Phi) is 8.06. The Bertz CT molecular complexity index is 1270. The lowest BCUT2D eigenvalue weighted by Gasteiger charge is -2.17. The first kappa shape index (κ1) is 25.0. The molecule has 0 N–H and O–H groups in total. The number of hydrogen-bond donors (Lipinski definition) is 0. The molecule has 0 aliphatic heterocycles. The molecule has 0 amide bonds. The molecule has 4 aromatic carbocycles. The summed E-state index contributed by atoms with van der Waals surface area (Å²) in [6, 6.07) is 22.3. The quantitative estimate of drug-likeness (QED) is 0.179. The van der Waals surface area contributed by atoms with Crippen LogP contribution in [-0.2, 0) is 9.47 Å². The summed E-state index contributed by atoms with van der Waals surface area (Å²) in [6.07, 6.45) is 1.04. The van der Waals surface area contributed by atoms with E-state index < -0.39 is 6.29 Å². The number of carbonyl (C=O) groups excluding carboxylic acids is 2. The fourth-order valence-electron chi connectivity index (χ4n) is 3.81. The highest BCUT2D eigenvalue weighted by Crippen LogP contribution is 2.26. The van der Waals surface area contributed by atoms with Crippen LogP contribution in [0.3, 0.4) is 0 Å². The minimum atomic E-state index is -0.536. The van der Waals surface area contributed by atoms with E-state index in [0.717, 1.165) is 34.4 Å². The van der Waals surface area contributed by atoms with Crippen LogP contribution in [0.2, 0.25) is 0 Å². The monoisotopic (exact) mass is 486 g/mol. The fraction of sp³-hybridized carbons (Fsp3) is 0.267. The highest BCUT2D eigenvalue weighted by molar-refractivity contribution is 5.96. The van der Waals surface area contributed by atoms with Crippen molar-refractivity contribution in [1.29, 1.82) is 0 Å². The molecule has 0 heterocycles. The van der Waals surface area contributed by atoms with Gasteiger partial charge >= 0.3 is 11.9 Å². The summed E-state index contributed by atoms with van der Waals surface area (Å²) < 4.78 is 22.4. The van der Waals surface area contributed by atoms with Crippen LogP contribution < -0.4 is 9.47 Å². The zero-order chi connectivity index (χ0) is 25.5. The lowest BCUT2D eigenvalue weighted by atomic mass is 10.1. The van der Waals surface area contributed by atoms with E-state index in [-0.39, 0.29) is 11.9 Å². The summed E-state index contributed by atoms with van der Waals surface area (Å²) in [4.78, 5) is 24.2. The second-order valence-electron chi connectivity index (χ2n) is 8.52. The van der Waals surface area contributed by atoms with Crippen molar-refractivity contribution in [3.05, 3.63) is 83.9 Å². The van der Waals surface area contributed by atoms with Crippen molar-refractivity contribution in [1.82, 2.24) is 0 Å². The van der Waals surface area contributed by atoms with E-state index in [1.165, 1.54) is 0 Å². The van der Waals surface area contributed by atoms with E-state index in [9.17, 15) is 9.59 Å². The van der Waals surface area contributed by atoms with Gasteiger partial charge in [-0.15, -0.1) is 0 Å². The molecule has 0 aliphatic rings. The van der Waals surface area contributed by atoms with Gasteiger partial charge in [0.05, 0.1) is 24.3 Å². The van der Waals surface area contributed by atoms with Crippen molar-refractivity contribution in [2.75, 3.05) is 13.2 Å². The van der Waals surface area contributed by atoms with Gasteiger partial charge in [0.1, 0.15) is 11.5 Å². The Labute approximate surface area is 210 Å². The summed E-state index contributed by atoms with van der Waals surface area (Å²) in [5.41, 5.74) is 1.06. The number of esters is 2. The van der Waals surface area contributed by atoms with E-state index in [0.29, 0.717) is 35.8 Å². The van der Waals surface area contributed by atoms with Gasteiger partial charge in [0.15, 0.2) is 0 Å². The molecular weight excluding hydrogens is 456 g/mol. The molecule has 6 heteroatoms. The van der Waals surface area contributed by atoms with Gasteiger partial charge in [-0.25, -0.2) is 9.59 Å². The van der Waals surface area contributed by atoms with Gasteiger partial charge in [0, 0.05) is 6.92 Å². The van der Waals surface area contributed by atoms with Gasteiger partial charge in [-0.1, -0.05) is 38.1 Å². The van der Waals surface area contributed by atoms with Gasteiger partial charge in [0.2, 0.25) is 6.29 Å². The molecule has 0 aliphatic carbocycles. The van der Waals surface area contributed by atoms with Gasteiger partial charge in [0.25, 0.3) is 0 Å². The molecule has 4 aromatic rings. The molecule has 36 heavy (non-hydrogen) atoms. The average Bonchev–Trinajstić information content (AvgIpc) is 2.89. The number of benzene rings is 4. The fourth-order valence-corrected chi connectivity index (χ4v) is 3.81. The predicted octanol–water partition coefficient (Wildman–Crippen LogP) is 6.93. The van der Waals surface area contributed by atoms with Crippen LogP contribution >= 0.6 is 0 Å². The number of fused-ring (bicyclic) bond motifs is 2.